The summed E-state index contributed by atoms with van der Waals surface area (Å²) in [6, 6.07) is 5.23. The maximum atomic E-state index is 13.2. The Morgan fingerprint density at radius 3 is 2.89 bits per heavy atom. The molecule has 3 aliphatic rings. The van der Waals surface area contributed by atoms with Gasteiger partial charge < -0.3 is 15.4 Å². The van der Waals surface area contributed by atoms with Gasteiger partial charge >= 0.3 is 0 Å². The smallest absolute Gasteiger partial charge is 0.255 e. The molecule has 0 aromatic heterocycles. The molecule has 0 spiro atoms. The molecule has 4 rings (SSSR count). The van der Waals surface area contributed by atoms with E-state index in [1.807, 2.05) is 25.1 Å². The van der Waals surface area contributed by atoms with Gasteiger partial charge in [0.05, 0.1) is 12.7 Å². The molecule has 0 radical (unpaired) electrons. The number of ether oxygens (including phenoxy) is 1. The van der Waals surface area contributed by atoms with Crippen molar-refractivity contribution in [3.05, 3.63) is 34.9 Å². The number of morpholine rings is 1. The van der Waals surface area contributed by atoms with Crippen molar-refractivity contribution in [2.24, 2.45) is 5.73 Å². The minimum Gasteiger partial charge on any atom is -0.374 e. The lowest BCUT2D eigenvalue weighted by atomic mass is 10.0. The van der Waals surface area contributed by atoms with Crippen LogP contribution in [0.1, 0.15) is 41.3 Å². The number of nitrogens with one attached hydrogen (secondary N) is 1. The predicted octanol–water partition coefficient (Wildman–Crippen LogP) is -0.00440. The maximum Gasteiger partial charge on any atom is 0.255 e. The van der Waals surface area contributed by atoms with Crippen LogP contribution in [0, 0.1) is 0 Å². The Kier molecular flexibility index (Phi) is 5.18. The highest BCUT2D eigenvalue weighted by Crippen LogP contribution is 2.30. The zero-order chi connectivity index (χ0) is 19.8. The molecule has 28 heavy (non-hydrogen) atoms. The molecule has 3 amide bonds. The van der Waals surface area contributed by atoms with E-state index in [-0.39, 0.29) is 36.3 Å². The summed E-state index contributed by atoms with van der Waals surface area (Å²) in [6.07, 6.45) is 0.621. The zero-order valence-electron chi connectivity index (χ0n) is 16.0. The molecule has 3 atom stereocenters. The third-order valence-corrected chi connectivity index (χ3v) is 5.80. The largest absolute Gasteiger partial charge is 0.374 e. The maximum absolute atomic E-state index is 13.2. The summed E-state index contributed by atoms with van der Waals surface area (Å²) in [5.74, 6) is -0.786. The molecule has 2 saturated heterocycles. The Morgan fingerprint density at radius 1 is 1.32 bits per heavy atom. The van der Waals surface area contributed by atoms with Crippen LogP contribution in [-0.2, 0) is 27.4 Å². The van der Waals surface area contributed by atoms with Gasteiger partial charge in [0, 0.05) is 44.2 Å². The molecular weight excluding hydrogens is 360 g/mol. The summed E-state index contributed by atoms with van der Waals surface area (Å²) in [7, 11) is 0. The minimum absolute atomic E-state index is 0.0128. The van der Waals surface area contributed by atoms with Crippen LogP contribution in [0.3, 0.4) is 0 Å². The Morgan fingerprint density at radius 2 is 2.14 bits per heavy atom. The molecule has 3 N–H and O–H groups in total. The highest BCUT2D eigenvalue weighted by atomic mass is 16.5. The normalized spacial score (nSPS) is 26.9. The van der Waals surface area contributed by atoms with Crippen LogP contribution >= 0.6 is 0 Å². The standard InChI is InChI=1S/C20H26N4O4/c1-12(21)16-11-23(7-8-28-16)9-13-3-2-4-14-10-24(20(27)18(13)14)15-5-6-17(25)22-19(15)26/h2-4,12,15-16H,5-11,21H2,1H3,(H,22,25,26). The fourth-order valence-corrected chi connectivity index (χ4v) is 4.26. The molecule has 1 aromatic rings. The van der Waals surface area contributed by atoms with Gasteiger partial charge in [-0.3, -0.25) is 24.6 Å². The molecule has 1 aromatic carbocycles. The Hall–Kier alpha value is -2.29. The number of benzene rings is 1. The summed E-state index contributed by atoms with van der Waals surface area (Å²) in [5, 5.41) is 2.34. The number of rotatable bonds is 4. The molecule has 8 heteroatoms. The van der Waals surface area contributed by atoms with Crippen molar-refractivity contribution in [2.45, 2.75) is 51.0 Å². The van der Waals surface area contributed by atoms with Crippen molar-refractivity contribution in [3.63, 3.8) is 0 Å². The number of fused-ring (bicyclic) bond motifs is 1. The van der Waals surface area contributed by atoms with Crippen LogP contribution < -0.4 is 11.1 Å². The number of hydrogen-bond acceptors (Lipinski definition) is 6. The van der Waals surface area contributed by atoms with Crippen LogP contribution in [0.25, 0.3) is 0 Å². The second-order valence-electron chi connectivity index (χ2n) is 7.85. The first-order valence-corrected chi connectivity index (χ1v) is 9.79. The summed E-state index contributed by atoms with van der Waals surface area (Å²) in [6.45, 7) is 5.13. The lowest BCUT2D eigenvalue weighted by Gasteiger charge is -2.35. The van der Waals surface area contributed by atoms with Crippen LogP contribution in [0.2, 0.25) is 0 Å². The molecule has 0 saturated carbocycles. The van der Waals surface area contributed by atoms with Gasteiger partial charge in [-0.1, -0.05) is 18.2 Å². The van der Waals surface area contributed by atoms with Crippen molar-refractivity contribution < 1.29 is 19.1 Å². The lowest BCUT2D eigenvalue weighted by Crippen LogP contribution is -2.52. The van der Waals surface area contributed by atoms with Crippen molar-refractivity contribution in [3.8, 4) is 0 Å². The van der Waals surface area contributed by atoms with E-state index in [1.54, 1.807) is 4.90 Å². The fraction of sp³-hybridized carbons (Fsp3) is 0.550. The second-order valence-corrected chi connectivity index (χ2v) is 7.85. The van der Waals surface area contributed by atoms with Crippen LogP contribution in [-0.4, -0.2) is 65.4 Å². The van der Waals surface area contributed by atoms with Crippen LogP contribution in [0.5, 0.6) is 0 Å². The first-order valence-electron chi connectivity index (χ1n) is 9.79. The summed E-state index contributed by atoms with van der Waals surface area (Å²) < 4.78 is 5.72. The molecule has 8 nitrogen and oxygen atoms in total. The Balaban J connectivity index is 1.52. The number of nitrogens with two attached hydrogens (primary N) is 1. The monoisotopic (exact) mass is 386 g/mol. The number of hydrogen-bond donors (Lipinski definition) is 2. The summed E-state index contributed by atoms with van der Waals surface area (Å²) in [5.41, 5.74) is 8.57. The van der Waals surface area contributed by atoms with Gasteiger partial charge in [-0.2, -0.15) is 0 Å². The van der Waals surface area contributed by atoms with Gasteiger partial charge in [-0.05, 0) is 24.5 Å². The van der Waals surface area contributed by atoms with E-state index < -0.39 is 6.04 Å². The molecule has 3 heterocycles. The zero-order valence-corrected chi connectivity index (χ0v) is 16.0. The number of carbonyl (C=O) groups is 3. The van der Waals surface area contributed by atoms with E-state index >= 15 is 0 Å². The highest BCUT2D eigenvalue weighted by molar-refractivity contribution is 6.05. The van der Waals surface area contributed by atoms with Gasteiger partial charge in [0.1, 0.15) is 6.04 Å². The van der Waals surface area contributed by atoms with E-state index in [4.69, 9.17) is 10.5 Å². The summed E-state index contributed by atoms with van der Waals surface area (Å²) >= 11 is 0. The molecular formula is C20H26N4O4. The van der Waals surface area contributed by atoms with Crippen molar-refractivity contribution in [1.29, 1.82) is 0 Å². The van der Waals surface area contributed by atoms with Crippen molar-refractivity contribution >= 4 is 17.7 Å². The van der Waals surface area contributed by atoms with Gasteiger partial charge in [0.2, 0.25) is 11.8 Å². The molecule has 3 unspecified atom stereocenters. The Bertz CT molecular complexity index is 809. The third kappa shape index (κ3) is 3.55. The van der Waals surface area contributed by atoms with Crippen LogP contribution in [0.15, 0.2) is 18.2 Å². The van der Waals surface area contributed by atoms with Crippen molar-refractivity contribution in [1.82, 2.24) is 15.1 Å². The van der Waals surface area contributed by atoms with Gasteiger partial charge in [0.25, 0.3) is 5.91 Å². The van der Waals surface area contributed by atoms with E-state index in [1.165, 1.54) is 0 Å². The molecule has 0 aliphatic carbocycles. The predicted molar refractivity (Wildman–Crippen MR) is 101 cm³/mol. The van der Waals surface area contributed by atoms with E-state index in [9.17, 15) is 14.4 Å². The van der Waals surface area contributed by atoms with Crippen molar-refractivity contribution in [2.75, 3.05) is 19.7 Å². The molecule has 2 fully saturated rings. The first kappa shape index (κ1) is 19.0. The third-order valence-electron chi connectivity index (χ3n) is 5.80. The number of carbonyl (C=O) groups excluding carboxylic acids is 3. The quantitative estimate of drug-likeness (QED) is 0.706. The highest BCUT2D eigenvalue weighted by Gasteiger charge is 2.40. The second kappa shape index (κ2) is 7.62. The molecule has 0 bridgehead atoms. The SMILES string of the molecule is CC(N)C1CN(Cc2cccc3c2C(=O)N(C2CCC(=O)NC2=O)C3)CCO1. The number of imide groups is 1. The first-order chi connectivity index (χ1) is 13.4. The average molecular weight is 386 g/mol. The average Bonchev–Trinajstić information content (AvgIpc) is 2.99. The number of nitrogens with zero attached hydrogens (tertiary/aromatic N) is 2. The lowest BCUT2D eigenvalue weighted by molar-refractivity contribution is -0.136. The topological polar surface area (TPSA) is 105 Å². The molecule has 3 aliphatic heterocycles. The van der Waals surface area contributed by atoms with Crippen LogP contribution in [0.4, 0.5) is 0 Å². The van der Waals surface area contributed by atoms with Gasteiger partial charge in [0.15, 0.2) is 0 Å². The minimum atomic E-state index is -0.587. The van der Waals surface area contributed by atoms with E-state index in [0.717, 1.165) is 24.2 Å². The van der Waals surface area contributed by atoms with E-state index in [2.05, 4.69) is 10.2 Å². The number of amides is 3. The number of piperidine rings is 1. The van der Waals surface area contributed by atoms with E-state index in [0.29, 0.717) is 31.7 Å². The fourth-order valence-electron chi connectivity index (χ4n) is 4.26. The van der Waals surface area contributed by atoms with Gasteiger partial charge in [-0.15, -0.1) is 0 Å². The van der Waals surface area contributed by atoms with Gasteiger partial charge in [-0.25, -0.2) is 0 Å². The molecule has 150 valence electrons. The summed E-state index contributed by atoms with van der Waals surface area (Å²) in [4.78, 5) is 40.7. The Labute approximate surface area is 164 Å².